The minimum absolute atomic E-state index is 0.0503. The van der Waals surface area contributed by atoms with Crippen LogP contribution in [0.5, 0.6) is 0 Å². The molecular formula is C14H27B2. The molecule has 0 atom stereocenters. The molecule has 2 bridgehead atoms. The van der Waals surface area contributed by atoms with E-state index in [0.717, 1.165) is 18.1 Å². The third kappa shape index (κ3) is 6.01. The molecule has 2 aliphatic rings. The Morgan fingerprint density at radius 2 is 1.50 bits per heavy atom. The van der Waals surface area contributed by atoms with Gasteiger partial charge in [-0.1, -0.05) is 89.1 Å². The van der Waals surface area contributed by atoms with Gasteiger partial charge in [-0.05, 0) is 0 Å². The number of fused-ring (bicyclic) bond motifs is 2. The average molecular weight is 217 g/mol. The molecule has 0 amide bonds. The van der Waals surface area contributed by atoms with Gasteiger partial charge in [0, 0.05) is 0 Å². The highest BCUT2D eigenvalue weighted by Gasteiger charge is 2.26. The Morgan fingerprint density at radius 1 is 1.06 bits per heavy atom. The highest BCUT2D eigenvalue weighted by Crippen LogP contribution is 2.40. The first kappa shape index (κ1) is 14.2. The second-order valence-corrected chi connectivity index (χ2v) is 6.31. The summed E-state index contributed by atoms with van der Waals surface area (Å²) in [5, 5.41) is 0.0503. The van der Waals surface area contributed by atoms with E-state index in [4.69, 9.17) is 7.85 Å². The second kappa shape index (κ2) is 6.77. The lowest BCUT2D eigenvalue weighted by molar-refractivity contribution is 0.455. The fourth-order valence-electron chi connectivity index (χ4n) is 2.99. The van der Waals surface area contributed by atoms with Gasteiger partial charge in [0.25, 0.3) is 0 Å². The smallest absolute Gasteiger partial charge is 0.0716 e. The van der Waals surface area contributed by atoms with Gasteiger partial charge in [0.2, 0.25) is 0 Å². The molecule has 2 saturated heterocycles. The maximum atomic E-state index is 5.65. The standard InChI is InChI=1S/C8H14B.C6H13B/c1-3-7-5-2-6-8(4-1)9-7;1-4-5-6(2,3)7/h7-8H,1-6H2;4-5H2,1-3H3. The quantitative estimate of drug-likeness (QED) is 0.583. The van der Waals surface area contributed by atoms with Gasteiger partial charge < -0.3 is 0 Å². The molecule has 0 aliphatic carbocycles. The Labute approximate surface area is 105 Å². The predicted molar refractivity (Wildman–Crippen MR) is 75.7 cm³/mol. The molecule has 16 heavy (non-hydrogen) atoms. The van der Waals surface area contributed by atoms with Crippen LogP contribution in [0.3, 0.4) is 0 Å². The van der Waals surface area contributed by atoms with Crippen molar-refractivity contribution in [3.63, 3.8) is 0 Å². The molecule has 0 unspecified atom stereocenters. The van der Waals surface area contributed by atoms with E-state index in [2.05, 4.69) is 28.1 Å². The van der Waals surface area contributed by atoms with Crippen LogP contribution in [-0.2, 0) is 0 Å². The minimum Gasteiger partial charge on any atom is -0.0716 e. The molecule has 2 heteroatoms. The summed E-state index contributed by atoms with van der Waals surface area (Å²) < 4.78 is 0. The topological polar surface area (TPSA) is 0 Å². The summed E-state index contributed by atoms with van der Waals surface area (Å²) in [6.45, 7) is 6.25. The first-order valence-electron chi connectivity index (χ1n) is 7.15. The van der Waals surface area contributed by atoms with Gasteiger partial charge in [-0.3, -0.25) is 0 Å². The van der Waals surface area contributed by atoms with Crippen LogP contribution in [0.15, 0.2) is 0 Å². The lowest BCUT2D eigenvalue weighted by Crippen LogP contribution is -2.21. The van der Waals surface area contributed by atoms with Crippen LogP contribution in [0.2, 0.25) is 16.9 Å². The molecule has 89 valence electrons. The van der Waals surface area contributed by atoms with Crippen molar-refractivity contribution in [3.05, 3.63) is 0 Å². The van der Waals surface area contributed by atoms with Gasteiger partial charge in [0.15, 0.2) is 0 Å². The van der Waals surface area contributed by atoms with E-state index in [1.165, 1.54) is 44.9 Å². The molecule has 0 N–H and O–H groups in total. The Kier molecular flexibility index (Phi) is 6.00. The van der Waals surface area contributed by atoms with Crippen LogP contribution in [0, 0.1) is 0 Å². The summed E-state index contributed by atoms with van der Waals surface area (Å²) in [5.41, 5.74) is 0. The Bertz CT molecular complexity index is 164. The molecule has 2 fully saturated rings. The molecule has 0 aromatic rings. The summed E-state index contributed by atoms with van der Waals surface area (Å²) >= 11 is 0. The second-order valence-electron chi connectivity index (χ2n) is 6.31. The van der Waals surface area contributed by atoms with Crippen molar-refractivity contribution >= 4 is 15.1 Å². The lowest BCUT2D eigenvalue weighted by Gasteiger charge is -2.33. The summed E-state index contributed by atoms with van der Waals surface area (Å²) in [5.74, 6) is 2.05. The molecule has 0 spiro atoms. The summed E-state index contributed by atoms with van der Waals surface area (Å²) in [7, 11) is 8.26. The van der Waals surface area contributed by atoms with Gasteiger partial charge in [0.1, 0.15) is 7.28 Å². The lowest BCUT2D eigenvalue weighted by atomic mass is 9.44. The van der Waals surface area contributed by atoms with Crippen molar-refractivity contribution < 1.29 is 0 Å². The van der Waals surface area contributed by atoms with Crippen molar-refractivity contribution in [3.8, 4) is 0 Å². The minimum atomic E-state index is 0.0503. The van der Waals surface area contributed by atoms with Crippen LogP contribution in [0.4, 0.5) is 0 Å². The number of rotatable bonds is 2. The molecule has 0 aromatic heterocycles. The van der Waals surface area contributed by atoms with E-state index < -0.39 is 0 Å². The molecule has 0 saturated carbocycles. The van der Waals surface area contributed by atoms with E-state index in [1.807, 2.05) is 0 Å². The molecule has 0 aromatic carbocycles. The van der Waals surface area contributed by atoms with Gasteiger partial charge >= 0.3 is 0 Å². The van der Waals surface area contributed by atoms with Crippen LogP contribution in [-0.4, -0.2) is 15.1 Å². The zero-order valence-corrected chi connectivity index (χ0v) is 11.5. The van der Waals surface area contributed by atoms with Crippen LogP contribution in [0.25, 0.3) is 0 Å². The number of hydrogen-bond donors (Lipinski definition) is 0. The molecule has 2 rings (SSSR count). The molecule has 3 radical (unpaired) electrons. The van der Waals surface area contributed by atoms with Crippen molar-refractivity contribution in [2.45, 2.75) is 89.1 Å². The summed E-state index contributed by atoms with van der Waals surface area (Å²) in [6, 6.07) is 0. The highest BCUT2D eigenvalue weighted by atomic mass is 14.2. The van der Waals surface area contributed by atoms with Crippen LogP contribution < -0.4 is 0 Å². The maximum Gasteiger partial charge on any atom is 0.117 e. The molecule has 2 aliphatic heterocycles. The van der Waals surface area contributed by atoms with Gasteiger partial charge in [-0.25, -0.2) is 0 Å². The average Bonchev–Trinajstić information content (AvgIpc) is 2.17. The normalized spacial score (nSPS) is 28.7. The third-order valence-electron chi connectivity index (χ3n) is 3.74. The van der Waals surface area contributed by atoms with Crippen LogP contribution in [0.1, 0.15) is 72.1 Å². The highest BCUT2D eigenvalue weighted by molar-refractivity contribution is 6.40. The fraction of sp³-hybridized carbons (Fsp3) is 1.00. The van der Waals surface area contributed by atoms with E-state index in [0.29, 0.717) is 0 Å². The van der Waals surface area contributed by atoms with E-state index in [-0.39, 0.29) is 5.31 Å². The predicted octanol–water partition coefficient (Wildman–Crippen LogP) is 4.79. The molecule has 0 nitrogen and oxygen atoms in total. The number of hydrogen-bond acceptors (Lipinski definition) is 0. The van der Waals surface area contributed by atoms with Crippen molar-refractivity contribution in [1.29, 1.82) is 0 Å². The SMILES string of the molecule is [B]1C2CCCC1CCC2.[B]C(C)(C)CCC. The molecular weight excluding hydrogens is 190 g/mol. The first-order chi connectivity index (χ1) is 7.51. The maximum absolute atomic E-state index is 5.65. The Balaban J connectivity index is 0.000000168. The summed E-state index contributed by atoms with van der Waals surface area (Å²) in [4.78, 5) is 0. The largest absolute Gasteiger partial charge is 0.117 e. The molecule has 2 heterocycles. The van der Waals surface area contributed by atoms with Gasteiger partial charge in [0.05, 0.1) is 7.85 Å². The van der Waals surface area contributed by atoms with Gasteiger partial charge in [-0.2, -0.15) is 0 Å². The van der Waals surface area contributed by atoms with E-state index in [9.17, 15) is 0 Å². The van der Waals surface area contributed by atoms with Crippen LogP contribution >= 0.6 is 0 Å². The zero-order valence-electron chi connectivity index (χ0n) is 11.5. The van der Waals surface area contributed by atoms with Crippen molar-refractivity contribution in [1.82, 2.24) is 0 Å². The van der Waals surface area contributed by atoms with Crippen molar-refractivity contribution in [2.24, 2.45) is 0 Å². The summed E-state index contributed by atoms with van der Waals surface area (Å²) in [6.07, 6.45) is 11.3. The Hall–Kier alpha value is 0.130. The van der Waals surface area contributed by atoms with E-state index in [1.54, 1.807) is 0 Å². The first-order valence-corrected chi connectivity index (χ1v) is 7.15. The Morgan fingerprint density at radius 3 is 1.69 bits per heavy atom. The van der Waals surface area contributed by atoms with Crippen molar-refractivity contribution in [2.75, 3.05) is 0 Å². The monoisotopic (exact) mass is 217 g/mol. The zero-order chi connectivity index (χ0) is 12.0. The van der Waals surface area contributed by atoms with E-state index >= 15 is 0 Å². The van der Waals surface area contributed by atoms with Gasteiger partial charge in [-0.15, -0.1) is 0 Å². The third-order valence-corrected chi connectivity index (χ3v) is 3.74. The fourth-order valence-corrected chi connectivity index (χ4v) is 2.99.